The number of aliphatic imine (C=N–C) groups is 1. The lowest BCUT2D eigenvalue weighted by Gasteiger charge is -2.11. The molecule has 0 radical (unpaired) electrons. The van der Waals surface area contributed by atoms with Crippen LogP contribution in [-0.2, 0) is 17.8 Å². The van der Waals surface area contributed by atoms with Gasteiger partial charge >= 0.3 is 0 Å². The first-order valence-electron chi connectivity index (χ1n) is 7.82. The number of nitrogens with one attached hydrogen (secondary N) is 2. The van der Waals surface area contributed by atoms with E-state index in [0.29, 0.717) is 13.2 Å². The van der Waals surface area contributed by atoms with Crippen LogP contribution in [0.5, 0.6) is 0 Å². The van der Waals surface area contributed by atoms with Gasteiger partial charge in [-0.3, -0.25) is 9.98 Å². The fourth-order valence-electron chi connectivity index (χ4n) is 2.04. The Hall–Kier alpha value is -1.61. The molecule has 0 aromatic carbocycles. The lowest BCUT2D eigenvalue weighted by molar-refractivity contribution is 0.105. The van der Waals surface area contributed by atoms with E-state index in [1.54, 1.807) is 19.5 Å². The maximum Gasteiger partial charge on any atom is 0.190 e. The minimum atomic E-state index is 0. The lowest BCUT2D eigenvalue weighted by Crippen LogP contribution is -2.39. The number of halogens is 1. The van der Waals surface area contributed by atoms with Crippen molar-refractivity contribution in [1.82, 2.24) is 15.6 Å². The summed E-state index contributed by atoms with van der Waals surface area (Å²) in [4.78, 5) is 8.31. The van der Waals surface area contributed by atoms with Gasteiger partial charge in [0.2, 0.25) is 0 Å². The molecule has 2 aromatic heterocycles. The second kappa shape index (κ2) is 12.8. The molecule has 0 fully saturated rings. The van der Waals surface area contributed by atoms with Gasteiger partial charge in [-0.05, 0) is 36.6 Å². The zero-order valence-corrected chi connectivity index (χ0v) is 16.2. The summed E-state index contributed by atoms with van der Waals surface area (Å²) < 4.78 is 10.7. The molecule has 2 rings (SSSR count). The smallest absolute Gasteiger partial charge is 0.190 e. The molecule has 132 valence electrons. The van der Waals surface area contributed by atoms with Crippen LogP contribution < -0.4 is 10.6 Å². The molecule has 7 heteroatoms. The molecule has 0 bridgehead atoms. The van der Waals surface area contributed by atoms with E-state index >= 15 is 0 Å². The van der Waals surface area contributed by atoms with Crippen LogP contribution in [0, 0.1) is 0 Å². The van der Waals surface area contributed by atoms with E-state index in [1.165, 1.54) is 5.56 Å². The van der Waals surface area contributed by atoms with Crippen LogP contribution in [0.15, 0.2) is 52.3 Å². The largest absolute Gasteiger partial charge is 0.467 e. The number of nitrogens with zero attached hydrogens (tertiary/aromatic N) is 2. The molecule has 0 unspecified atom stereocenters. The molecule has 2 N–H and O–H groups in total. The van der Waals surface area contributed by atoms with Gasteiger partial charge in [0.05, 0.1) is 6.26 Å². The first-order chi connectivity index (χ1) is 11.4. The predicted molar refractivity (Wildman–Crippen MR) is 106 cm³/mol. The molecule has 24 heavy (non-hydrogen) atoms. The van der Waals surface area contributed by atoms with Crippen molar-refractivity contribution in [3.05, 3.63) is 54.2 Å². The monoisotopic (exact) mass is 444 g/mol. The van der Waals surface area contributed by atoms with Gasteiger partial charge in [0.15, 0.2) is 5.96 Å². The Morgan fingerprint density at radius 2 is 2.12 bits per heavy atom. The Balaban J connectivity index is 0.00000288. The van der Waals surface area contributed by atoms with E-state index in [0.717, 1.165) is 37.7 Å². The highest BCUT2D eigenvalue weighted by atomic mass is 127. The second-order valence-electron chi connectivity index (χ2n) is 5.02. The molecule has 0 atom stereocenters. The first-order valence-corrected chi connectivity index (χ1v) is 7.82. The average molecular weight is 444 g/mol. The van der Waals surface area contributed by atoms with Crippen molar-refractivity contribution >= 4 is 29.9 Å². The molecule has 6 nitrogen and oxygen atoms in total. The highest BCUT2D eigenvalue weighted by Crippen LogP contribution is 2.01. The Labute approximate surface area is 160 Å². The van der Waals surface area contributed by atoms with Gasteiger partial charge in [-0.15, -0.1) is 24.0 Å². The minimum Gasteiger partial charge on any atom is -0.467 e. The summed E-state index contributed by atoms with van der Waals surface area (Å²) in [6, 6.07) is 7.79. The van der Waals surface area contributed by atoms with E-state index in [-0.39, 0.29) is 24.0 Å². The van der Waals surface area contributed by atoms with Crippen molar-refractivity contribution in [2.75, 3.05) is 26.7 Å². The molecule has 0 amide bonds. The topological polar surface area (TPSA) is 71.7 Å². The average Bonchev–Trinajstić information content (AvgIpc) is 3.10. The van der Waals surface area contributed by atoms with Crippen LogP contribution in [0.25, 0.3) is 0 Å². The van der Waals surface area contributed by atoms with Crippen molar-refractivity contribution in [3.63, 3.8) is 0 Å². The predicted octanol–water partition coefficient (Wildman–Crippen LogP) is 2.61. The molecule has 2 aromatic rings. The number of rotatable bonds is 9. The third kappa shape index (κ3) is 8.30. The summed E-state index contributed by atoms with van der Waals surface area (Å²) in [7, 11) is 1.77. The van der Waals surface area contributed by atoms with Crippen LogP contribution in [0.2, 0.25) is 0 Å². The number of guanidine groups is 1. The Bertz CT molecular complexity index is 561. The molecule has 2 heterocycles. The highest BCUT2D eigenvalue weighted by Gasteiger charge is 1.99. The van der Waals surface area contributed by atoms with Crippen molar-refractivity contribution in [3.8, 4) is 0 Å². The van der Waals surface area contributed by atoms with Crippen molar-refractivity contribution in [2.45, 2.75) is 19.4 Å². The molecule has 0 aliphatic carbocycles. The van der Waals surface area contributed by atoms with Gasteiger partial charge in [-0.25, -0.2) is 0 Å². The first kappa shape index (κ1) is 20.4. The van der Waals surface area contributed by atoms with Crippen LogP contribution in [0.3, 0.4) is 0 Å². The van der Waals surface area contributed by atoms with E-state index < -0.39 is 0 Å². The summed E-state index contributed by atoms with van der Waals surface area (Å²) in [6.07, 6.45) is 7.14. The Kier molecular flexibility index (Phi) is 10.9. The normalized spacial score (nSPS) is 11.0. The fourth-order valence-corrected chi connectivity index (χ4v) is 2.04. The Morgan fingerprint density at radius 3 is 2.83 bits per heavy atom. The van der Waals surface area contributed by atoms with E-state index in [2.05, 4.69) is 26.7 Å². The number of pyridine rings is 1. The van der Waals surface area contributed by atoms with Crippen LogP contribution in [-0.4, -0.2) is 37.7 Å². The van der Waals surface area contributed by atoms with Gasteiger partial charge in [0, 0.05) is 39.1 Å². The van der Waals surface area contributed by atoms with Crippen LogP contribution in [0.4, 0.5) is 0 Å². The second-order valence-corrected chi connectivity index (χ2v) is 5.02. The van der Waals surface area contributed by atoms with Gasteiger partial charge in [0.25, 0.3) is 0 Å². The van der Waals surface area contributed by atoms with Crippen molar-refractivity contribution in [1.29, 1.82) is 0 Å². The minimum absolute atomic E-state index is 0. The fraction of sp³-hybridized carbons (Fsp3) is 0.412. The zero-order valence-electron chi connectivity index (χ0n) is 13.9. The molecule has 0 saturated carbocycles. The summed E-state index contributed by atoms with van der Waals surface area (Å²) in [5.41, 5.74) is 1.21. The van der Waals surface area contributed by atoms with E-state index in [1.807, 2.05) is 24.4 Å². The molecular weight excluding hydrogens is 419 g/mol. The SMILES string of the molecule is CN=C(NCCCOCc1ccco1)NCCc1cccnc1.I. The third-order valence-electron chi connectivity index (χ3n) is 3.23. The molecule has 0 aliphatic heterocycles. The summed E-state index contributed by atoms with van der Waals surface area (Å²) in [5.74, 6) is 1.66. The summed E-state index contributed by atoms with van der Waals surface area (Å²) >= 11 is 0. The van der Waals surface area contributed by atoms with Gasteiger partial charge in [0.1, 0.15) is 12.4 Å². The number of hydrogen-bond acceptors (Lipinski definition) is 4. The third-order valence-corrected chi connectivity index (χ3v) is 3.23. The van der Waals surface area contributed by atoms with Crippen LogP contribution in [0.1, 0.15) is 17.7 Å². The quantitative estimate of drug-likeness (QED) is 0.269. The molecule has 0 aliphatic rings. The summed E-state index contributed by atoms with van der Waals surface area (Å²) in [5, 5.41) is 6.56. The van der Waals surface area contributed by atoms with Gasteiger partial charge in [-0.2, -0.15) is 0 Å². The zero-order chi connectivity index (χ0) is 16.2. The molecule has 0 saturated heterocycles. The highest BCUT2D eigenvalue weighted by molar-refractivity contribution is 14.0. The Morgan fingerprint density at radius 1 is 1.25 bits per heavy atom. The lowest BCUT2D eigenvalue weighted by atomic mass is 10.2. The molecule has 0 spiro atoms. The maximum absolute atomic E-state index is 5.53. The van der Waals surface area contributed by atoms with Crippen molar-refractivity contribution < 1.29 is 9.15 Å². The van der Waals surface area contributed by atoms with Crippen LogP contribution >= 0.6 is 24.0 Å². The van der Waals surface area contributed by atoms with E-state index in [4.69, 9.17) is 9.15 Å². The van der Waals surface area contributed by atoms with Crippen molar-refractivity contribution in [2.24, 2.45) is 4.99 Å². The van der Waals surface area contributed by atoms with Gasteiger partial charge in [-0.1, -0.05) is 6.07 Å². The number of ether oxygens (including phenoxy) is 1. The van der Waals surface area contributed by atoms with Gasteiger partial charge < -0.3 is 19.8 Å². The standard InChI is InChI=1S/C17H24N4O2.HI/c1-18-17(21-10-7-15-5-2-8-19-13-15)20-9-4-11-22-14-16-6-3-12-23-16;/h2-3,5-6,8,12-13H,4,7,9-11,14H2,1H3,(H2,18,20,21);1H. The number of furan rings is 1. The number of hydrogen-bond donors (Lipinski definition) is 2. The summed E-state index contributed by atoms with van der Waals surface area (Å²) in [6.45, 7) is 2.83. The maximum atomic E-state index is 5.53. The molecular formula is C17H25IN4O2. The number of aromatic nitrogens is 1. The van der Waals surface area contributed by atoms with E-state index in [9.17, 15) is 0 Å².